The molecule has 0 bridgehead atoms. The number of nitrogens with zero attached hydrogens (tertiary/aromatic N) is 1. The van der Waals surface area contributed by atoms with E-state index in [0.29, 0.717) is 39.0 Å². The third-order valence-electron chi connectivity index (χ3n) is 5.41. The normalized spacial score (nSPS) is 25.6. The number of methoxy groups -OCH3 is 2. The molecule has 0 unspecified atom stereocenters. The van der Waals surface area contributed by atoms with Crippen LogP contribution >= 0.6 is 0 Å². The number of esters is 1. The molecule has 2 fully saturated rings. The van der Waals surface area contributed by atoms with Crippen molar-refractivity contribution >= 4 is 11.9 Å². The molecule has 0 radical (unpaired) electrons. The average Bonchev–Trinajstić information content (AvgIpc) is 3.12. The van der Waals surface area contributed by atoms with Gasteiger partial charge in [-0.1, -0.05) is 30.3 Å². The molecule has 0 N–H and O–H groups in total. The Morgan fingerprint density at radius 3 is 2.44 bits per heavy atom. The Bertz CT molecular complexity index is 612. The van der Waals surface area contributed by atoms with Crippen molar-refractivity contribution in [1.82, 2.24) is 4.90 Å². The van der Waals surface area contributed by atoms with Gasteiger partial charge in [0.2, 0.25) is 5.91 Å². The van der Waals surface area contributed by atoms with Crippen LogP contribution in [0.5, 0.6) is 0 Å². The average molecular weight is 347 g/mol. The lowest BCUT2D eigenvalue weighted by molar-refractivity contribution is -0.154. The van der Waals surface area contributed by atoms with E-state index in [1.54, 1.807) is 12.0 Å². The second-order valence-corrected chi connectivity index (χ2v) is 6.65. The van der Waals surface area contributed by atoms with Crippen LogP contribution < -0.4 is 0 Å². The van der Waals surface area contributed by atoms with E-state index in [2.05, 4.69) is 0 Å². The van der Waals surface area contributed by atoms with Gasteiger partial charge in [-0.25, -0.2) is 4.79 Å². The highest BCUT2D eigenvalue weighted by Crippen LogP contribution is 2.39. The molecule has 2 saturated heterocycles. The first kappa shape index (κ1) is 17.9. The first-order valence-electron chi connectivity index (χ1n) is 8.67. The number of carbonyl (C=O) groups excluding carboxylic acids is 2. The van der Waals surface area contributed by atoms with E-state index in [1.165, 1.54) is 7.11 Å². The van der Waals surface area contributed by atoms with Gasteiger partial charge in [-0.2, -0.15) is 0 Å². The summed E-state index contributed by atoms with van der Waals surface area (Å²) in [6.45, 7) is 1.47. The molecule has 1 aromatic rings. The lowest BCUT2D eigenvalue weighted by Crippen LogP contribution is -2.53. The van der Waals surface area contributed by atoms with Gasteiger partial charge in [0.25, 0.3) is 0 Å². The van der Waals surface area contributed by atoms with E-state index < -0.39 is 11.5 Å². The maximum Gasteiger partial charge on any atom is 0.328 e. The number of hydrogen-bond donors (Lipinski definition) is 0. The zero-order chi connectivity index (χ0) is 17.9. The highest BCUT2D eigenvalue weighted by molar-refractivity contribution is 5.92. The fourth-order valence-corrected chi connectivity index (χ4v) is 3.93. The van der Waals surface area contributed by atoms with Crippen molar-refractivity contribution in [2.45, 2.75) is 36.8 Å². The van der Waals surface area contributed by atoms with Crippen molar-refractivity contribution in [3.05, 3.63) is 35.9 Å². The summed E-state index contributed by atoms with van der Waals surface area (Å²) in [7, 11) is 2.96. The number of rotatable bonds is 4. The molecule has 25 heavy (non-hydrogen) atoms. The SMILES string of the molecule is COC(=O)[C@H]1C[C@@H](OC)CN1C(=O)C1(c2ccccc2)CCOCC1. The predicted octanol–water partition coefficient (Wildman–Crippen LogP) is 1.52. The van der Waals surface area contributed by atoms with Crippen LogP contribution in [0.25, 0.3) is 0 Å². The van der Waals surface area contributed by atoms with Gasteiger partial charge in [-0.15, -0.1) is 0 Å². The number of benzene rings is 1. The molecule has 136 valence electrons. The highest BCUT2D eigenvalue weighted by Gasteiger charge is 2.50. The van der Waals surface area contributed by atoms with Crippen molar-refractivity contribution in [3.8, 4) is 0 Å². The van der Waals surface area contributed by atoms with Gasteiger partial charge < -0.3 is 19.1 Å². The third-order valence-corrected chi connectivity index (χ3v) is 5.41. The maximum absolute atomic E-state index is 13.6. The molecule has 2 atom stereocenters. The van der Waals surface area contributed by atoms with Gasteiger partial charge in [0.15, 0.2) is 0 Å². The lowest BCUT2D eigenvalue weighted by atomic mass is 9.73. The van der Waals surface area contributed by atoms with Crippen molar-refractivity contribution in [2.75, 3.05) is 34.0 Å². The first-order chi connectivity index (χ1) is 12.1. The predicted molar refractivity (Wildman–Crippen MR) is 91.1 cm³/mol. The van der Waals surface area contributed by atoms with Crippen LogP contribution in [0.15, 0.2) is 30.3 Å². The van der Waals surface area contributed by atoms with E-state index in [0.717, 1.165) is 5.56 Å². The monoisotopic (exact) mass is 347 g/mol. The van der Waals surface area contributed by atoms with Crippen LogP contribution in [0.2, 0.25) is 0 Å². The molecular weight excluding hydrogens is 322 g/mol. The van der Waals surface area contributed by atoms with Gasteiger partial charge >= 0.3 is 5.97 Å². The largest absolute Gasteiger partial charge is 0.467 e. The standard InChI is InChI=1S/C19H25NO5/c1-23-15-12-16(17(21)24-2)20(13-15)18(22)19(8-10-25-11-9-19)14-6-4-3-5-7-14/h3-7,15-16H,8-13H2,1-2H3/t15-,16-/m1/s1. The summed E-state index contributed by atoms with van der Waals surface area (Å²) in [5.41, 5.74) is 0.321. The van der Waals surface area contributed by atoms with E-state index in [9.17, 15) is 9.59 Å². The Balaban J connectivity index is 1.95. The minimum absolute atomic E-state index is 0.0306. The fourth-order valence-electron chi connectivity index (χ4n) is 3.93. The summed E-state index contributed by atoms with van der Waals surface area (Å²) in [6.07, 6.45) is 1.53. The molecule has 1 amide bonds. The minimum Gasteiger partial charge on any atom is -0.467 e. The van der Waals surface area contributed by atoms with Crippen molar-refractivity contribution in [1.29, 1.82) is 0 Å². The van der Waals surface area contributed by atoms with Gasteiger partial charge in [0.1, 0.15) is 6.04 Å². The first-order valence-corrected chi connectivity index (χ1v) is 8.67. The summed E-state index contributed by atoms with van der Waals surface area (Å²) >= 11 is 0. The lowest BCUT2D eigenvalue weighted by Gasteiger charge is -2.40. The Kier molecular flexibility index (Phi) is 5.39. The zero-order valence-corrected chi connectivity index (χ0v) is 14.8. The van der Waals surface area contributed by atoms with E-state index >= 15 is 0 Å². The molecule has 2 aliphatic rings. The molecular formula is C19H25NO5. The van der Waals surface area contributed by atoms with Crippen molar-refractivity contribution in [3.63, 3.8) is 0 Å². The molecule has 6 nitrogen and oxygen atoms in total. The summed E-state index contributed by atoms with van der Waals surface area (Å²) in [5.74, 6) is -0.417. The van der Waals surface area contributed by atoms with Crippen LogP contribution in [0.1, 0.15) is 24.8 Å². The third kappa shape index (κ3) is 3.28. The van der Waals surface area contributed by atoms with Crippen LogP contribution in [0.4, 0.5) is 0 Å². The summed E-state index contributed by atoms with van der Waals surface area (Å²) in [4.78, 5) is 27.5. The number of carbonyl (C=O) groups is 2. The van der Waals surface area contributed by atoms with Gasteiger partial charge in [0, 0.05) is 33.3 Å². The van der Waals surface area contributed by atoms with Crippen molar-refractivity contribution in [2.24, 2.45) is 0 Å². The number of amides is 1. The van der Waals surface area contributed by atoms with Crippen molar-refractivity contribution < 1.29 is 23.8 Å². The minimum atomic E-state index is -0.658. The van der Waals surface area contributed by atoms with E-state index in [1.807, 2.05) is 30.3 Å². The molecule has 1 aromatic carbocycles. The molecule has 0 saturated carbocycles. The molecule has 2 heterocycles. The Morgan fingerprint density at radius 2 is 1.84 bits per heavy atom. The number of hydrogen-bond acceptors (Lipinski definition) is 5. The van der Waals surface area contributed by atoms with Crippen LogP contribution in [-0.4, -0.2) is 62.9 Å². The second kappa shape index (κ2) is 7.54. The van der Waals surface area contributed by atoms with Gasteiger partial charge in [0.05, 0.1) is 18.6 Å². The smallest absolute Gasteiger partial charge is 0.328 e. The number of ether oxygens (including phenoxy) is 3. The summed E-state index contributed by atoms with van der Waals surface area (Å²) in [6, 6.07) is 9.21. The maximum atomic E-state index is 13.6. The number of likely N-dealkylation sites (tertiary alicyclic amines) is 1. The van der Waals surface area contributed by atoms with Crippen LogP contribution in [0, 0.1) is 0 Å². The summed E-state index contributed by atoms with van der Waals surface area (Å²) < 4.78 is 15.8. The quantitative estimate of drug-likeness (QED) is 0.773. The Labute approximate surface area is 148 Å². The van der Waals surface area contributed by atoms with Crippen LogP contribution in [-0.2, 0) is 29.2 Å². The van der Waals surface area contributed by atoms with Crippen LogP contribution in [0.3, 0.4) is 0 Å². The second-order valence-electron chi connectivity index (χ2n) is 6.65. The highest BCUT2D eigenvalue weighted by atomic mass is 16.5. The molecule has 2 aliphatic heterocycles. The molecule has 0 spiro atoms. The zero-order valence-electron chi connectivity index (χ0n) is 14.8. The van der Waals surface area contributed by atoms with E-state index in [4.69, 9.17) is 14.2 Å². The Hall–Kier alpha value is -1.92. The summed E-state index contributed by atoms with van der Waals surface area (Å²) in [5, 5.41) is 0. The Morgan fingerprint density at radius 1 is 1.16 bits per heavy atom. The van der Waals surface area contributed by atoms with Gasteiger partial charge in [-0.3, -0.25) is 4.79 Å². The molecule has 0 aliphatic carbocycles. The topological polar surface area (TPSA) is 65.1 Å². The molecule has 0 aromatic heterocycles. The molecule has 3 rings (SSSR count). The van der Waals surface area contributed by atoms with E-state index in [-0.39, 0.29) is 18.0 Å². The fraction of sp³-hybridized carbons (Fsp3) is 0.579. The molecule has 6 heteroatoms. The van der Waals surface area contributed by atoms with Gasteiger partial charge in [-0.05, 0) is 18.4 Å².